The van der Waals surface area contributed by atoms with Crippen molar-refractivity contribution in [2.24, 2.45) is 0 Å². The van der Waals surface area contributed by atoms with Gasteiger partial charge >= 0.3 is 0 Å². The zero-order valence-corrected chi connectivity index (χ0v) is 10.3. The van der Waals surface area contributed by atoms with Crippen LogP contribution in [0, 0.1) is 13.8 Å². The summed E-state index contributed by atoms with van der Waals surface area (Å²) in [4.78, 5) is 6.54. The molecule has 0 aliphatic carbocycles. The summed E-state index contributed by atoms with van der Waals surface area (Å²) in [5.74, 6) is 0. The lowest BCUT2D eigenvalue weighted by atomic mass is 10.1. The van der Waals surface area contributed by atoms with E-state index in [0.29, 0.717) is 6.42 Å². The zero-order valence-electron chi connectivity index (χ0n) is 9.47. The molecular formula is C13H15NOS. The number of pyridine rings is 1. The molecule has 1 N–H and O–H groups in total. The summed E-state index contributed by atoms with van der Waals surface area (Å²) in [5, 5.41) is 10.0. The van der Waals surface area contributed by atoms with Gasteiger partial charge in [-0.3, -0.25) is 4.98 Å². The highest BCUT2D eigenvalue weighted by molar-refractivity contribution is 7.12. The second-order valence-electron chi connectivity index (χ2n) is 4.00. The van der Waals surface area contributed by atoms with Crippen LogP contribution < -0.4 is 0 Å². The maximum Gasteiger partial charge on any atom is 0.0937 e. The van der Waals surface area contributed by atoms with Crippen molar-refractivity contribution < 1.29 is 5.11 Å². The first-order chi connectivity index (χ1) is 7.65. The fourth-order valence-electron chi connectivity index (χ4n) is 1.55. The lowest BCUT2D eigenvalue weighted by Gasteiger charge is -2.07. The molecule has 0 bridgehead atoms. The van der Waals surface area contributed by atoms with Gasteiger partial charge in [-0.1, -0.05) is 6.07 Å². The Balaban J connectivity index is 2.07. The van der Waals surface area contributed by atoms with Gasteiger partial charge in [-0.15, -0.1) is 11.3 Å². The van der Waals surface area contributed by atoms with E-state index in [-0.39, 0.29) is 0 Å². The Hall–Kier alpha value is -1.19. The van der Waals surface area contributed by atoms with Crippen LogP contribution in [0.3, 0.4) is 0 Å². The Morgan fingerprint density at radius 3 is 2.62 bits per heavy atom. The molecule has 2 aromatic rings. The van der Waals surface area contributed by atoms with Gasteiger partial charge in [0.25, 0.3) is 0 Å². The van der Waals surface area contributed by atoms with E-state index in [1.165, 1.54) is 4.88 Å². The number of thiophene rings is 1. The SMILES string of the molecule is Cc1ccc(CC(O)c2ccc(C)s2)nc1. The van der Waals surface area contributed by atoms with Gasteiger partial charge in [-0.2, -0.15) is 0 Å². The van der Waals surface area contributed by atoms with Crippen molar-refractivity contribution in [2.75, 3.05) is 0 Å². The molecule has 1 atom stereocenters. The van der Waals surface area contributed by atoms with Crippen LogP contribution in [0.2, 0.25) is 0 Å². The Bertz CT molecular complexity index is 461. The molecule has 0 saturated heterocycles. The van der Waals surface area contributed by atoms with Crippen molar-refractivity contribution in [3.63, 3.8) is 0 Å². The van der Waals surface area contributed by atoms with Crippen LogP contribution >= 0.6 is 11.3 Å². The molecule has 2 rings (SSSR count). The summed E-state index contributed by atoms with van der Waals surface area (Å²) in [6, 6.07) is 8.01. The Kier molecular flexibility index (Phi) is 3.36. The Morgan fingerprint density at radius 2 is 2.06 bits per heavy atom. The third-order valence-electron chi connectivity index (χ3n) is 2.46. The lowest BCUT2D eigenvalue weighted by Crippen LogP contribution is -2.01. The molecule has 84 valence electrons. The highest BCUT2D eigenvalue weighted by Crippen LogP contribution is 2.24. The zero-order chi connectivity index (χ0) is 11.5. The van der Waals surface area contributed by atoms with E-state index in [2.05, 4.69) is 4.98 Å². The second kappa shape index (κ2) is 4.76. The predicted octanol–water partition coefficient (Wildman–Crippen LogP) is 3.04. The van der Waals surface area contributed by atoms with Gasteiger partial charge in [0.15, 0.2) is 0 Å². The summed E-state index contributed by atoms with van der Waals surface area (Å²) in [6.07, 6.45) is 1.98. The third-order valence-corrected chi connectivity index (χ3v) is 3.57. The van der Waals surface area contributed by atoms with E-state index in [1.54, 1.807) is 11.3 Å². The van der Waals surface area contributed by atoms with Gasteiger partial charge in [0.05, 0.1) is 6.10 Å². The van der Waals surface area contributed by atoms with Crippen LogP contribution in [-0.4, -0.2) is 10.1 Å². The molecule has 0 saturated carbocycles. The first-order valence-corrected chi connectivity index (χ1v) is 6.13. The van der Waals surface area contributed by atoms with Gasteiger partial charge in [-0.25, -0.2) is 0 Å². The van der Waals surface area contributed by atoms with Gasteiger partial charge in [-0.05, 0) is 37.6 Å². The van der Waals surface area contributed by atoms with Crippen LogP contribution in [0.4, 0.5) is 0 Å². The van der Waals surface area contributed by atoms with Crippen molar-refractivity contribution in [3.8, 4) is 0 Å². The molecule has 0 amide bonds. The Labute approximate surface area is 99.6 Å². The van der Waals surface area contributed by atoms with E-state index in [4.69, 9.17) is 0 Å². The van der Waals surface area contributed by atoms with Crippen molar-refractivity contribution in [1.29, 1.82) is 0 Å². The number of hydrogen-bond acceptors (Lipinski definition) is 3. The quantitative estimate of drug-likeness (QED) is 0.884. The molecule has 16 heavy (non-hydrogen) atoms. The van der Waals surface area contributed by atoms with Crippen LogP contribution in [0.1, 0.15) is 27.1 Å². The monoisotopic (exact) mass is 233 g/mol. The van der Waals surface area contributed by atoms with Gasteiger partial charge in [0.2, 0.25) is 0 Å². The van der Waals surface area contributed by atoms with Gasteiger partial charge < -0.3 is 5.11 Å². The fourth-order valence-corrected chi connectivity index (χ4v) is 2.41. The minimum atomic E-state index is -0.436. The summed E-state index contributed by atoms with van der Waals surface area (Å²) >= 11 is 1.64. The number of rotatable bonds is 3. The number of aromatic nitrogens is 1. The van der Waals surface area contributed by atoms with Gasteiger partial charge in [0, 0.05) is 28.1 Å². The molecule has 2 aromatic heterocycles. The predicted molar refractivity (Wildman–Crippen MR) is 66.7 cm³/mol. The van der Waals surface area contributed by atoms with Crippen molar-refractivity contribution in [3.05, 3.63) is 51.5 Å². The van der Waals surface area contributed by atoms with E-state index in [0.717, 1.165) is 16.1 Å². The first kappa shape index (κ1) is 11.3. The number of aliphatic hydroxyl groups is 1. The number of hydrogen-bond donors (Lipinski definition) is 1. The largest absolute Gasteiger partial charge is 0.387 e. The summed E-state index contributed by atoms with van der Waals surface area (Å²) in [6.45, 7) is 4.06. The van der Waals surface area contributed by atoms with Crippen LogP contribution in [0.5, 0.6) is 0 Å². The lowest BCUT2D eigenvalue weighted by molar-refractivity contribution is 0.181. The van der Waals surface area contributed by atoms with E-state index in [9.17, 15) is 5.11 Å². The third kappa shape index (κ3) is 2.68. The molecule has 0 aliphatic rings. The van der Waals surface area contributed by atoms with Crippen molar-refractivity contribution in [1.82, 2.24) is 4.98 Å². The molecule has 2 nitrogen and oxygen atoms in total. The molecule has 3 heteroatoms. The standard InChI is InChI=1S/C13H15NOS/c1-9-3-5-11(14-8-9)7-12(15)13-6-4-10(2)16-13/h3-6,8,12,15H,7H2,1-2H3. The maximum absolute atomic E-state index is 10.0. The molecule has 0 radical (unpaired) electrons. The van der Waals surface area contributed by atoms with Crippen LogP contribution in [0.25, 0.3) is 0 Å². The highest BCUT2D eigenvalue weighted by Gasteiger charge is 2.11. The number of aryl methyl sites for hydroxylation is 2. The molecule has 1 unspecified atom stereocenters. The minimum Gasteiger partial charge on any atom is -0.387 e. The topological polar surface area (TPSA) is 33.1 Å². The smallest absolute Gasteiger partial charge is 0.0937 e. The Morgan fingerprint density at radius 1 is 1.25 bits per heavy atom. The van der Waals surface area contributed by atoms with E-state index >= 15 is 0 Å². The average Bonchev–Trinajstić information content (AvgIpc) is 2.68. The maximum atomic E-state index is 10.0. The molecule has 0 fully saturated rings. The highest BCUT2D eigenvalue weighted by atomic mass is 32.1. The number of nitrogens with zero attached hydrogens (tertiary/aromatic N) is 1. The normalized spacial score (nSPS) is 12.7. The summed E-state index contributed by atoms with van der Waals surface area (Å²) in [7, 11) is 0. The van der Waals surface area contributed by atoms with E-state index < -0.39 is 6.10 Å². The summed E-state index contributed by atoms with van der Waals surface area (Å²) in [5.41, 5.74) is 2.08. The first-order valence-electron chi connectivity index (χ1n) is 5.31. The molecule has 0 aromatic carbocycles. The molecule has 0 aliphatic heterocycles. The van der Waals surface area contributed by atoms with Crippen LogP contribution in [-0.2, 0) is 6.42 Å². The molecular weight excluding hydrogens is 218 g/mol. The fraction of sp³-hybridized carbons (Fsp3) is 0.308. The van der Waals surface area contributed by atoms with Gasteiger partial charge in [0.1, 0.15) is 0 Å². The van der Waals surface area contributed by atoms with E-state index in [1.807, 2.05) is 44.3 Å². The minimum absolute atomic E-state index is 0.436. The second-order valence-corrected chi connectivity index (χ2v) is 5.31. The van der Waals surface area contributed by atoms with Crippen molar-refractivity contribution in [2.45, 2.75) is 26.4 Å². The van der Waals surface area contributed by atoms with Crippen molar-refractivity contribution >= 4 is 11.3 Å². The summed E-state index contributed by atoms with van der Waals surface area (Å²) < 4.78 is 0. The molecule has 0 spiro atoms. The average molecular weight is 233 g/mol. The number of aliphatic hydroxyl groups excluding tert-OH is 1. The molecule has 2 heterocycles. The van der Waals surface area contributed by atoms with Crippen LogP contribution in [0.15, 0.2) is 30.5 Å².